The van der Waals surface area contributed by atoms with Gasteiger partial charge in [-0.05, 0) is 12.8 Å². The van der Waals surface area contributed by atoms with E-state index in [0.29, 0.717) is 13.5 Å². The first kappa shape index (κ1) is 7.72. The first-order valence-electron chi connectivity index (χ1n) is 3.51. The smallest absolute Gasteiger partial charge is 0.137 e. The lowest BCUT2D eigenvalue weighted by molar-refractivity contribution is -0.248. The molecule has 0 N–H and O–H groups in total. The molecule has 3 heteroatoms. The molecule has 1 fully saturated rings. The van der Waals surface area contributed by atoms with Crippen molar-refractivity contribution in [1.29, 1.82) is 0 Å². The first-order chi connectivity index (χ1) is 4.93. The molecule has 3 nitrogen and oxygen atoms in total. The van der Waals surface area contributed by atoms with Crippen LogP contribution in [0.4, 0.5) is 0 Å². The lowest BCUT2D eigenvalue weighted by Gasteiger charge is -2.07. The van der Waals surface area contributed by atoms with Crippen LogP contribution in [0.25, 0.3) is 0 Å². The van der Waals surface area contributed by atoms with Crippen molar-refractivity contribution in [3.8, 4) is 0 Å². The van der Waals surface area contributed by atoms with Crippen LogP contribution in [0, 0.1) is 0 Å². The van der Waals surface area contributed by atoms with Crippen molar-refractivity contribution >= 4 is 0 Å². The Labute approximate surface area is 61.1 Å². The molecule has 0 radical (unpaired) electrons. The summed E-state index contributed by atoms with van der Waals surface area (Å²) in [5.41, 5.74) is 0. The second kappa shape index (κ2) is 4.44. The SMILES string of the molecule is C=CCCCN1COOC1. The molecule has 0 unspecified atom stereocenters. The van der Waals surface area contributed by atoms with Gasteiger partial charge in [-0.3, -0.25) is 4.90 Å². The van der Waals surface area contributed by atoms with Gasteiger partial charge in [0.1, 0.15) is 13.5 Å². The Morgan fingerprint density at radius 3 is 2.70 bits per heavy atom. The maximum atomic E-state index is 4.69. The van der Waals surface area contributed by atoms with Crippen LogP contribution in [0.3, 0.4) is 0 Å². The molecule has 1 rings (SSSR count). The molecular formula is C7H13NO2. The summed E-state index contributed by atoms with van der Waals surface area (Å²) in [6.45, 7) is 5.89. The largest absolute Gasteiger partial charge is 0.252 e. The fourth-order valence-corrected chi connectivity index (χ4v) is 0.849. The van der Waals surface area contributed by atoms with E-state index in [1.807, 2.05) is 6.08 Å². The predicted molar refractivity (Wildman–Crippen MR) is 38.0 cm³/mol. The third-order valence-electron chi connectivity index (χ3n) is 1.44. The van der Waals surface area contributed by atoms with Gasteiger partial charge in [0.25, 0.3) is 0 Å². The van der Waals surface area contributed by atoms with Crippen molar-refractivity contribution in [3.63, 3.8) is 0 Å². The highest BCUT2D eigenvalue weighted by Crippen LogP contribution is 2.02. The highest BCUT2D eigenvalue weighted by molar-refractivity contribution is 4.66. The van der Waals surface area contributed by atoms with E-state index in [-0.39, 0.29) is 0 Å². The van der Waals surface area contributed by atoms with Crippen LogP contribution in [0.2, 0.25) is 0 Å². The van der Waals surface area contributed by atoms with Crippen LogP contribution in [-0.2, 0) is 9.78 Å². The highest BCUT2D eigenvalue weighted by atomic mass is 17.2. The molecule has 0 saturated carbocycles. The Kier molecular flexibility index (Phi) is 3.43. The van der Waals surface area contributed by atoms with Crippen molar-refractivity contribution in [2.75, 3.05) is 20.0 Å². The lowest BCUT2D eigenvalue weighted by atomic mass is 10.3. The standard InChI is InChI=1S/C7H13NO2/c1-2-3-4-5-8-6-9-10-7-8/h2H,1,3-7H2. The van der Waals surface area contributed by atoms with Gasteiger partial charge in [-0.2, -0.15) is 0 Å². The van der Waals surface area contributed by atoms with Crippen LogP contribution in [0.5, 0.6) is 0 Å². The molecule has 1 heterocycles. The third-order valence-corrected chi connectivity index (χ3v) is 1.44. The van der Waals surface area contributed by atoms with Gasteiger partial charge < -0.3 is 0 Å². The molecule has 0 aromatic heterocycles. The summed E-state index contributed by atoms with van der Waals surface area (Å²) in [6.07, 6.45) is 4.13. The summed E-state index contributed by atoms with van der Waals surface area (Å²) in [5.74, 6) is 0. The average molecular weight is 143 g/mol. The van der Waals surface area contributed by atoms with Gasteiger partial charge in [0.15, 0.2) is 0 Å². The maximum Gasteiger partial charge on any atom is 0.137 e. The molecule has 0 aromatic carbocycles. The van der Waals surface area contributed by atoms with Gasteiger partial charge in [0.05, 0.1) is 0 Å². The molecule has 1 aliphatic rings. The van der Waals surface area contributed by atoms with E-state index in [4.69, 9.17) is 0 Å². The molecule has 58 valence electrons. The number of unbranched alkanes of at least 4 members (excludes halogenated alkanes) is 1. The van der Waals surface area contributed by atoms with Crippen LogP contribution in [0.15, 0.2) is 12.7 Å². The van der Waals surface area contributed by atoms with E-state index in [1.54, 1.807) is 0 Å². The van der Waals surface area contributed by atoms with Crippen LogP contribution >= 0.6 is 0 Å². The Morgan fingerprint density at radius 2 is 2.10 bits per heavy atom. The van der Waals surface area contributed by atoms with Gasteiger partial charge in [0, 0.05) is 6.54 Å². The number of hydrogen-bond acceptors (Lipinski definition) is 3. The third kappa shape index (κ3) is 2.47. The minimum absolute atomic E-state index is 0.608. The second-order valence-electron chi connectivity index (χ2n) is 2.32. The van der Waals surface area contributed by atoms with E-state index in [9.17, 15) is 0 Å². The van der Waals surface area contributed by atoms with E-state index >= 15 is 0 Å². The zero-order valence-corrected chi connectivity index (χ0v) is 6.08. The van der Waals surface area contributed by atoms with E-state index < -0.39 is 0 Å². The molecule has 0 atom stereocenters. The van der Waals surface area contributed by atoms with E-state index in [0.717, 1.165) is 19.4 Å². The van der Waals surface area contributed by atoms with Gasteiger partial charge in [-0.1, -0.05) is 6.08 Å². The minimum atomic E-state index is 0.608. The monoisotopic (exact) mass is 143 g/mol. The Hall–Kier alpha value is -0.380. The highest BCUT2D eigenvalue weighted by Gasteiger charge is 2.11. The molecular weight excluding hydrogens is 130 g/mol. The van der Waals surface area contributed by atoms with Gasteiger partial charge in [-0.15, -0.1) is 6.58 Å². The topological polar surface area (TPSA) is 21.7 Å². The molecule has 0 aliphatic carbocycles. The molecule has 0 spiro atoms. The molecule has 0 bridgehead atoms. The Balaban J connectivity index is 1.96. The minimum Gasteiger partial charge on any atom is -0.252 e. The van der Waals surface area contributed by atoms with Crippen molar-refractivity contribution in [1.82, 2.24) is 4.90 Å². The van der Waals surface area contributed by atoms with E-state index in [2.05, 4.69) is 21.3 Å². The van der Waals surface area contributed by atoms with Crippen molar-refractivity contribution < 1.29 is 9.78 Å². The summed E-state index contributed by atoms with van der Waals surface area (Å²) in [5, 5.41) is 0. The van der Waals surface area contributed by atoms with E-state index in [1.165, 1.54) is 0 Å². The summed E-state index contributed by atoms with van der Waals surface area (Å²) >= 11 is 0. The van der Waals surface area contributed by atoms with Crippen LogP contribution in [-0.4, -0.2) is 24.9 Å². The molecule has 1 saturated heterocycles. The fourth-order valence-electron chi connectivity index (χ4n) is 0.849. The number of rotatable bonds is 4. The number of allylic oxidation sites excluding steroid dienone is 1. The van der Waals surface area contributed by atoms with Crippen molar-refractivity contribution in [2.24, 2.45) is 0 Å². The predicted octanol–water partition coefficient (Wildman–Crippen LogP) is 1.13. The quantitative estimate of drug-likeness (QED) is 0.334. The molecule has 10 heavy (non-hydrogen) atoms. The zero-order valence-electron chi connectivity index (χ0n) is 6.08. The Morgan fingerprint density at radius 1 is 1.40 bits per heavy atom. The number of hydrogen-bond donors (Lipinski definition) is 0. The van der Waals surface area contributed by atoms with Crippen LogP contribution < -0.4 is 0 Å². The normalized spacial score (nSPS) is 19.6. The summed E-state index contributed by atoms with van der Waals surface area (Å²) in [4.78, 5) is 11.5. The summed E-state index contributed by atoms with van der Waals surface area (Å²) < 4.78 is 0. The van der Waals surface area contributed by atoms with Gasteiger partial charge >= 0.3 is 0 Å². The second-order valence-corrected chi connectivity index (χ2v) is 2.32. The lowest BCUT2D eigenvalue weighted by Crippen LogP contribution is -2.20. The molecule has 1 aliphatic heterocycles. The van der Waals surface area contributed by atoms with Gasteiger partial charge in [0.2, 0.25) is 0 Å². The first-order valence-corrected chi connectivity index (χ1v) is 3.51. The Bertz CT molecular complexity index is 99.8. The molecule has 0 amide bonds. The van der Waals surface area contributed by atoms with Crippen LogP contribution in [0.1, 0.15) is 12.8 Å². The number of nitrogens with zero attached hydrogens (tertiary/aromatic N) is 1. The zero-order chi connectivity index (χ0) is 7.23. The van der Waals surface area contributed by atoms with Gasteiger partial charge in [-0.25, -0.2) is 9.78 Å². The molecule has 0 aromatic rings. The van der Waals surface area contributed by atoms with Crippen molar-refractivity contribution in [3.05, 3.63) is 12.7 Å². The fraction of sp³-hybridized carbons (Fsp3) is 0.714. The average Bonchev–Trinajstić information content (AvgIpc) is 2.41. The maximum absolute atomic E-state index is 4.69. The van der Waals surface area contributed by atoms with Crippen molar-refractivity contribution in [2.45, 2.75) is 12.8 Å². The summed E-state index contributed by atoms with van der Waals surface area (Å²) in [7, 11) is 0. The summed E-state index contributed by atoms with van der Waals surface area (Å²) in [6, 6.07) is 0.